The summed E-state index contributed by atoms with van der Waals surface area (Å²) in [5, 5.41) is 0. The zero-order chi connectivity index (χ0) is 21.0. The van der Waals surface area contributed by atoms with Crippen molar-refractivity contribution < 1.29 is 27.1 Å². The second-order valence-electron chi connectivity index (χ2n) is 7.12. The Morgan fingerprint density at radius 2 is 1.55 bits per heavy atom. The number of hydrogen-bond donors (Lipinski definition) is 0. The molecule has 6 nitrogen and oxygen atoms in total. The number of benzene rings is 2. The monoisotopic (exact) mass is 419 g/mol. The maximum absolute atomic E-state index is 12.9. The minimum Gasteiger partial charge on any atom is -0.454 e. The predicted molar refractivity (Wildman–Crippen MR) is 105 cm³/mol. The molecule has 3 rings (SSSR count). The quantitative estimate of drug-likeness (QED) is 0.530. The molecule has 0 bridgehead atoms. The number of esters is 1. The van der Waals surface area contributed by atoms with Crippen molar-refractivity contribution in [2.24, 2.45) is 5.92 Å². The average Bonchev–Trinajstić information content (AvgIpc) is 2.72. The highest BCUT2D eigenvalue weighted by atomic mass is 32.2. The van der Waals surface area contributed by atoms with Crippen molar-refractivity contribution in [1.82, 2.24) is 4.31 Å². The number of ether oxygens (including phenoxy) is 1. The summed E-state index contributed by atoms with van der Waals surface area (Å²) in [7, 11) is -3.60. The highest BCUT2D eigenvalue weighted by Crippen LogP contribution is 2.23. The molecule has 0 unspecified atom stereocenters. The van der Waals surface area contributed by atoms with Gasteiger partial charge in [0.2, 0.25) is 10.0 Å². The molecule has 8 heteroatoms. The number of piperidine rings is 1. The Hall–Kier alpha value is -2.58. The minimum atomic E-state index is -3.60. The zero-order valence-corrected chi connectivity index (χ0v) is 16.8. The highest BCUT2D eigenvalue weighted by molar-refractivity contribution is 7.89. The van der Waals surface area contributed by atoms with Gasteiger partial charge in [-0.1, -0.05) is 6.92 Å². The molecule has 2 aromatic rings. The van der Waals surface area contributed by atoms with Gasteiger partial charge in [-0.25, -0.2) is 17.6 Å². The van der Waals surface area contributed by atoms with Crippen LogP contribution in [0.1, 0.15) is 40.5 Å². The van der Waals surface area contributed by atoms with Crippen LogP contribution in [0.4, 0.5) is 4.39 Å². The topological polar surface area (TPSA) is 80.8 Å². The summed E-state index contributed by atoms with van der Waals surface area (Å²) in [6, 6.07) is 10.4. The molecule has 0 radical (unpaired) electrons. The van der Waals surface area contributed by atoms with E-state index in [2.05, 4.69) is 6.92 Å². The van der Waals surface area contributed by atoms with Crippen LogP contribution < -0.4 is 0 Å². The first kappa shape index (κ1) is 21.1. The third-order valence-corrected chi connectivity index (χ3v) is 6.88. The molecule has 1 aliphatic heterocycles. The third kappa shape index (κ3) is 5.07. The number of carbonyl (C=O) groups excluding carboxylic acids is 2. The van der Waals surface area contributed by atoms with Crippen LogP contribution >= 0.6 is 0 Å². The molecular weight excluding hydrogens is 397 g/mol. The van der Waals surface area contributed by atoms with Crippen LogP contribution in [-0.4, -0.2) is 44.2 Å². The Labute approximate surface area is 169 Å². The largest absolute Gasteiger partial charge is 0.454 e. The standard InChI is InChI=1S/C21H22FNO5S/c1-15-10-12-23(13-11-15)29(26,27)19-8-4-17(5-9-19)21(25)28-14-20(24)16-2-6-18(22)7-3-16/h2-9,15H,10-14H2,1H3. The van der Waals surface area contributed by atoms with Gasteiger partial charge in [-0.15, -0.1) is 0 Å². The number of rotatable bonds is 6. The normalized spacial score (nSPS) is 15.8. The smallest absolute Gasteiger partial charge is 0.338 e. The SMILES string of the molecule is CC1CCN(S(=O)(=O)c2ccc(C(=O)OCC(=O)c3ccc(F)cc3)cc2)CC1. The van der Waals surface area contributed by atoms with E-state index in [1.54, 1.807) is 0 Å². The van der Waals surface area contributed by atoms with Crippen molar-refractivity contribution in [2.75, 3.05) is 19.7 Å². The van der Waals surface area contributed by atoms with Gasteiger partial charge in [0.1, 0.15) is 5.82 Å². The Balaban J connectivity index is 1.61. The van der Waals surface area contributed by atoms with Crippen LogP contribution in [0.2, 0.25) is 0 Å². The number of Topliss-reactive ketones (excluding diaryl/α,β-unsaturated/α-hetero) is 1. The second kappa shape index (κ2) is 8.84. The summed E-state index contributed by atoms with van der Waals surface area (Å²) in [5.74, 6) is -1.16. The van der Waals surface area contributed by atoms with Gasteiger partial charge in [0.05, 0.1) is 10.5 Å². The van der Waals surface area contributed by atoms with E-state index in [4.69, 9.17) is 4.74 Å². The molecular formula is C21H22FNO5S. The van der Waals surface area contributed by atoms with Gasteiger partial charge in [0.15, 0.2) is 12.4 Å². The fourth-order valence-electron chi connectivity index (χ4n) is 3.07. The maximum Gasteiger partial charge on any atom is 0.338 e. The van der Waals surface area contributed by atoms with E-state index >= 15 is 0 Å². The van der Waals surface area contributed by atoms with Gasteiger partial charge in [-0.05, 0) is 67.3 Å². The molecule has 0 amide bonds. The van der Waals surface area contributed by atoms with Crippen molar-refractivity contribution in [3.63, 3.8) is 0 Å². The van der Waals surface area contributed by atoms with E-state index in [1.807, 2.05) is 0 Å². The fourth-order valence-corrected chi connectivity index (χ4v) is 4.54. The molecule has 1 fully saturated rings. The number of ketones is 1. The van der Waals surface area contributed by atoms with Crippen LogP contribution in [-0.2, 0) is 14.8 Å². The molecule has 0 aromatic heterocycles. The summed E-state index contributed by atoms with van der Waals surface area (Å²) in [6.45, 7) is 2.58. The van der Waals surface area contributed by atoms with E-state index in [0.29, 0.717) is 19.0 Å². The predicted octanol–water partition coefficient (Wildman–Crippen LogP) is 3.29. The molecule has 0 atom stereocenters. The Kier molecular flexibility index (Phi) is 6.44. The fraction of sp³-hybridized carbons (Fsp3) is 0.333. The number of nitrogens with zero attached hydrogens (tertiary/aromatic N) is 1. The first-order valence-electron chi connectivity index (χ1n) is 9.33. The van der Waals surface area contributed by atoms with E-state index in [0.717, 1.165) is 25.0 Å². The molecule has 0 N–H and O–H groups in total. The lowest BCUT2D eigenvalue weighted by Crippen LogP contribution is -2.37. The van der Waals surface area contributed by atoms with Crippen molar-refractivity contribution >= 4 is 21.8 Å². The summed E-state index contributed by atoms with van der Waals surface area (Å²) in [6.07, 6.45) is 1.65. The van der Waals surface area contributed by atoms with Crippen molar-refractivity contribution in [1.29, 1.82) is 0 Å². The van der Waals surface area contributed by atoms with Crippen LogP contribution in [0.25, 0.3) is 0 Å². The zero-order valence-electron chi connectivity index (χ0n) is 16.0. The number of sulfonamides is 1. The van der Waals surface area contributed by atoms with Gasteiger partial charge < -0.3 is 4.74 Å². The first-order chi connectivity index (χ1) is 13.8. The van der Waals surface area contributed by atoms with E-state index in [1.165, 1.54) is 40.7 Å². The molecule has 0 spiro atoms. The molecule has 29 heavy (non-hydrogen) atoms. The van der Waals surface area contributed by atoms with Crippen molar-refractivity contribution in [2.45, 2.75) is 24.7 Å². The Morgan fingerprint density at radius 1 is 1.00 bits per heavy atom. The van der Waals surface area contributed by atoms with Gasteiger partial charge in [-0.3, -0.25) is 4.79 Å². The molecule has 1 saturated heterocycles. The number of halogens is 1. The van der Waals surface area contributed by atoms with Gasteiger partial charge in [-0.2, -0.15) is 4.31 Å². The van der Waals surface area contributed by atoms with Crippen LogP contribution in [0.3, 0.4) is 0 Å². The van der Waals surface area contributed by atoms with Crippen LogP contribution in [0.5, 0.6) is 0 Å². The molecule has 1 aliphatic rings. The van der Waals surface area contributed by atoms with Gasteiger partial charge >= 0.3 is 5.97 Å². The van der Waals surface area contributed by atoms with E-state index < -0.39 is 34.2 Å². The Morgan fingerprint density at radius 3 is 2.14 bits per heavy atom. The second-order valence-corrected chi connectivity index (χ2v) is 9.06. The highest BCUT2D eigenvalue weighted by Gasteiger charge is 2.28. The molecule has 2 aromatic carbocycles. The average molecular weight is 419 g/mol. The van der Waals surface area contributed by atoms with E-state index in [-0.39, 0.29) is 16.0 Å². The summed E-state index contributed by atoms with van der Waals surface area (Å²) >= 11 is 0. The molecule has 0 aliphatic carbocycles. The summed E-state index contributed by atoms with van der Waals surface area (Å²) < 4.78 is 44.8. The molecule has 1 heterocycles. The Bertz CT molecular complexity index is 979. The minimum absolute atomic E-state index is 0.117. The summed E-state index contributed by atoms with van der Waals surface area (Å²) in [5.41, 5.74) is 0.375. The molecule has 154 valence electrons. The van der Waals surface area contributed by atoms with E-state index in [9.17, 15) is 22.4 Å². The maximum atomic E-state index is 12.9. The van der Waals surface area contributed by atoms with Gasteiger partial charge in [0.25, 0.3) is 0 Å². The van der Waals surface area contributed by atoms with Gasteiger partial charge in [0, 0.05) is 18.7 Å². The van der Waals surface area contributed by atoms with Crippen LogP contribution in [0, 0.1) is 11.7 Å². The lowest BCUT2D eigenvalue weighted by Gasteiger charge is -2.29. The first-order valence-corrected chi connectivity index (χ1v) is 10.8. The van der Waals surface area contributed by atoms with Crippen LogP contribution in [0.15, 0.2) is 53.4 Å². The number of carbonyl (C=O) groups is 2. The van der Waals surface area contributed by atoms with Crippen molar-refractivity contribution in [3.05, 3.63) is 65.5 Å². The molecule has 0 saturated carbocycles. The lowest BCUT2D eigenvalue weighted by atomic mass is 10.0. The lowest BCUT2D eigenvalue weighted by molar-refractivity contribution is 0.0474. The van der Waals surface area contributed by atoms with Crippen molar-refractivity contribution in [3.8, 4) is 0 Å². The number of hydrogen-bond acceptors (Lipinski definition) is 5. The summed E-state index contributed by atoms with van der Waals surface area (Å²) in [4.78, 5) is 24.2. The third-order valence-electron chi connectivity index (χ3n) is 4.97.